The Morgan fingerprint density at radius 2 is 1.87 bits per heavy atom. The molecule has 0 saturated heterocycles. The highest BCUT2D eigenvalue weighted by Crippen LogP contribution is 2.25. The molecule has 3 aromatic rings. The van der Waals surface area contributed by atoms with Gasteiger partial charge in [0.25, 0.3) is 11.6 Å². The fourth-order valence-electron chi connectivity index (χ4n) is 2.71. The topological polar surface area (TPSA) is 105 Å². The molecule has 0 saturated carbocycles. The van der Waals surface area contributed by atoms with Crippen molar-refractivity contribution in [3.05, 3.63) is 105 Å². The molecule has 1 amide bonds. The second-order valence-electron chi connectivity index (χ2n) is 6.36. The first-order chi connectivity index (χ1) is 15.0. The number of benzene rings is 3. The first-order valence-corrected chi connectivity index (χ1v) is 9.48. The zero-order valence-corrected chi connectivity index (χ0v) is 16.9. The lowest BCUT2D eigenvalue weighted by molar-refractivity contribution is -0.384. The Balaban J connectivity index is 1.79. The monoisotopic (exact) mass is 433 g/mol. The molecule has 31 heavy (non-hydrogen) atoms. The molecule has 3 rings (SSSR count). The van der Waals surface area contributed by atoms with Crippen LogP contribution in [0.2, 0.25) is 5.02 Å². The van der Waals surface area contributed by atoms with Gasteiger partial charge in [-0.25, -0.2) is 0 Å². The lowest BCUT2D eigenvalue weighted by atomic mass is 10.1. The second-order valence-corrected chi connectivity index (χ2v) is 6.76. The van der Waals surface area contributed by atoms with E-state index in [1.54, 1.807) is 60.7 Å². The number of nitriles is 1. The normalized spacial score (nSPS) is 10.8. The number of nitro benzene ring substituents is 1. The predicted molar refractivity (Wildman–Crippen MR) is 118 cm³/mol. The van der Waals surface area contributed by atoms with Gasteiger partial charge in [0, 0.05) is 17.7 Å². The molecule has 0 unspecified atom stereocenters. The number of para-hydroxylation sites is 2. The largest absolute Gasteiger partial charge is 0.488 e. The molecule has 154 valence electrons. The van der Waals surface area contributed by atoms with Crippen LogP contribution in [0.3, 0.4) is 0 Å². The number of ether oxygens (including phenoxy) is 1. The number of anilines is 1. The van der Waals surface area contributed by atoms with Crippen LogP contribution in [0, 0.1) is 21.4 Å². The van der Waals surface area contributed by atoms with E-state index < -0.39 is 10.8 Å². The first kappa shape index (κ1) is 21.6. The van der Waals surface area contributed by atoms with Crippen molar-refractivity contribution >= 4 is 35.0 Å². The third-order valence-electron chi connectivity index (χ3n) is 4.22. The molecular weight excluding hydrogens is 418 g/mol. The maximum Gasteiger partial charge on any atom is 0.269 e. The van der Waals surface area contributed by atoms with E-state index in [0.717, 1.165) is 0 Å². The van der Waals surface area contributed by atoms with Gasteiger partial charge >= 0.3 is 0 Å². The van der Waals surface area contributed by atoms with Crippen LogP contribution in [0.15, 0.2) is 78.4 Å². The van der Waals surface area contributed by atoms with E-state index >= 15 is 0 Å². The third kappa shape index (κ3) is 5.69. The van der Waals surface area contributed by atoms with Gasteiger partial charge in [0.15, 0.2) is 0 Å². The number of carbonyl (C=O) groups excluding carboxylic acids is 1. The average Bonchev–Trinajstić information content (AvgIpc) is 2.78. The maximum atomic E-state index is 12.5. The quantitative estimate of drug-likeness (QED) is 0.233. The first-order valence-electron chi connectivity index (χ1n) is 9.11. The van der Waals surface area contributed by atoms with Crippen LogP contribution in [0.5, 0.6) is 5.75 Å². The summed E-state index contributed by atoms with van der Waals surface area (Å²) in [6, 6.07) is 21.6. The molecule has 0 atom stereocenters. The summed E-state index contributed by atoms with van der Waals surface area (Å²) in [5.74, 6) is -0.184. The number of nitro groups is 1. The summed E-state index contributed by atoms with van der Waals surface area (Å²) in [6.07, 6.45) is 1.41. The van der Waals surface area contributed by atoms with Crippen molar-refractivity contribution in [2.75, 3.05) is 5.32 Å². The summed E-state index contributed by atoms with van der Waals surface area (Å²) in [5, 5.41) is 23.4. The van der Waals surface area contributed by atoms with Gasteiger partial charge in [-0.2, -0.15) is 5.26 Å². The average molecular weight is 434 g/mol. The fraction of sp³-hybridized carbons (Fsp3) is 0.0435. The third-order valence-corrected chi connectivity index (χ3v) is 4.55. The zero-order valence-electron chi connectivity index (χ0n) is 16.1. The molecule has 0 heterocycles. The van der Waals surface area contributed by atoms with Crippen LogP contribution < -0.4 is 10.1 Å². The van der Waals surface area contributed by atoms with Gasteiger partial charge in [-0.05, 0) is 29.8 Å². The molecule has 7 nitrogen and oxygen atoms in total. The molecule has 0 aromatic heterocycles. The molecule has 0 spiro atoms. The van der Waals surface area contributed by atoms with E-state index in [-0.39, 0.29) is 17.9 Å². The Kier molecular flexibility index (Phi) is 6.99. The Morgan fingerprint density at radius 1 is 1.13 bits per heavy atom. The Labute approximate surface area is 183 Å². The molecule has 0 aliphatic carbocycles. The van der Waals surface area contributed by atoms with Gasteiger partial charge in [0.2, 0.25) is 0 Å². The smallest absolute Gasteiger partial charge is 0.269 e. The van der Waals surface area contributed by atoms with Gasteiger partial charge in [0.05, 0.1) is 15.6 Å². The fourth-order valence-corrected chi connectivity index (χ4v) is 2.89. The number of nitrogens with zero attached hydrogens (tertiary/aromatic N) is 2. The van der Waals surface area contributed by atoms with Crippen molar-refractivity contribution in [3.8, 4) is 11.8 Å². The van der Waals surface area contributed by atoms with Crippen molar-refractivity contribution in [2.45, 2.75) is 6.61 Å². The van der Waals surface area contributed by atoms with Crippen molar-refractivity contribution in [1.82, 2.24) is 0 Å². The van der Waals surface area contributed by atoms with Crippen molar-refractivity contribution < 1.29 is 14.5 Å². The number of halogens is 1. The number of non-ortho nitro benzene ring substituents is 1. The number of rotatable bonds is 7. The predicted octanol–water partition coefficient (Wildman–Crippen LogP) is 5.37. The minimum atomic E-state index is -0.607. The number of hydrogen-bond acceptors (Lipinski definition) is 5. The summed E-state index contributed by atoms with van der Waals surface area (Å²) in [6.45, 7) is 0.0836. The van der Waals surface area contributed by atoms with Crippen LogP contribution in [-0.4, -0.2) is 10.8 Å². The number of amides is 1. The van der Waals surface area contributed by atoms with Crippen LogP contribution in [0.4, 0.5) is 11.4 Å². The minimum absolute atomic E-state index is 0.0303. The number of hydrogen-bond donors (Lipinski definition) is 1. The molecular formula is C23H16ClN3O4. The van der Waals surface area contributed by atoms with E-state index in [4.69, 9.17) is 16.3 Å². The molecule has 0 aliphatic rings. The summed E-state index contributed by atoms with van der Waals surface area (Å²) in [4.78, 5) is 23.0. The number of carbonyl (C=O) groups is 1. The Hall–Kier alpha value is -4.15. The van der Waals surface area contributed by atoms with Gasteiger partial charge in [-0.15, -0.1) is 0 Å². The van der Waals surface area contributed by atoms with Crippen LogP contribution in [0.25, 0.3) is 6.08 Å². The Bertz CT molecular complexity index is 1200. The van der Waals surface area contributed by atoms with Gasteiger partial charge < -0.3 is 10.1 Å². The lowest BCUT2D eigenvalue weighted by Gasteiger charge is -2.10. The summed E-state index contributed by atoms with van der Waals surface area (Å²) in [7, 11) is 0. The SMILES string of the molecule is N#C/C(=C\c1ccccc1OCc1cccc([N+](=O)[O-])c1)C(=O)Nc1ccccc1Cl. The van der Waals surface area contributed by atoms with Crippen molar-refractivity contribution in [1.29, 1.82) is 5.26 Å². The summed E-state index contributed by atoms with van der Waals surface area (Å²) in [5.41, 5.74) is 1.36. The highest BCUT2D eigenvalue weighted by molar-refractivity contribution is 6.34. The lowest BCUT2D eigenvalue weighted by Crippen LogP contribution is -2.13. The maximum absolute atomic E-state index is 12.5. The molecule has 1 N–H and O–H groups in total. The standard InChI is InChI=1S/C23H16ClN3O4/c24-20-9-2-3-10-21(20)26-23(28)18(14-25)13-17-7-1-4-11-22(17)31-15-16-6-5-8-19(12-16)27(29)30/h1-13H,15H2,(H,26,28)/b18-13+. The van der Waals surface area contributed by atoms with Gasteiger partial charge in [0.1, 0.15) is 24.0 Å². The molecule has 0 radical (unpaired) electrons. The molecule has 8 heteroatoms. The van der Waals surface area contributed by atoms with Crippen molar-refractivity contribution in [3.63, 3.8) is 0 Å². The second kappa shape index (κ2) is 10.1. The molecule has 0 aliphatic heterocycles. The van der Waals surface area contributed by atoms with E-state index in [2.05, 4.69) is 5.32 Å². The van der Waals surface area contributed by atoms with Gasteiger partial charge in [-0.3, -0.25) is 14.9 Å². The van der Waals surface area contributed by atoms with Crippen LogP contribution >= 0.6 is 11.6 Å². The summed E-state index contributed by atoms with van der Waals surface area (Å²) >= 11 is 6.05. The van der Waals surface area contributed by atoms with Gasteiger partial charge in [-0.1, -0.05) is 54.1 Å². The van der Waals surface area contributed by atoms with E-state index in [1.165, 1.54) is 18.2 Å². The van der Waals surface area contributed by atoms with Crippen molar-refractivity contribution in [2.24, 2.45) is 0 Å². The van der Waals surface area contributed by atoms with E-state index in [9.17, 15) is 20.2 Å². The number of nitrogens with one attached hydrogen (secondary N) is 1. The molecule has 0 fully saturated rings. The Morgan fingerprint density at radius 3 is 2.61 bits per heavy atom. The molecule has 0 bridgehead atoms. The zero-order chi connectivity index (χ0) is 22.2. The highest BCUT2D eigenvalue weighted by Gasteiger charge is 2.13. The highest BCUT2D eigenvalue weighted by atomic mass is 35.5. The molecule has 3 aromatic carbocycles. The van der Waals surface area contributed by atoms with Crippen LogP contribution in [-0.2, 0) is 11.4 Å². The summed E-state index contributed by atoms with van der Waals surface area (Å²) < 4.78 is 5.79. The minimum Gasteiger partial charge on any atom is -0.488 e. The van der Waals surface area contributed by atoms with E-state index in [0.29, 0.717) is 27.6 Å². The van der Waals surface area contributed by atoms with Crippen LogP contribution in [0.1, 0.15) is 11.1 Å². The van der Waals surface area contributed by atoms with E-state index in [1.807, 2.05) is 6.07 Å².